The number of benzene rings is 2. The van der Waals surface area contributed by atoms with Gasteiger partial charge in [0, 0.05) is 22.2 Å². The summed E-state index contributed by atoms with van der Waals surface area (Å²) in [4.78, 5) is 16.1. The molecule has 0 aliphatic carbocycles. The number of amides is 1. The van der Waals surface area contributed by atoms with Crippen LogP contribution in [0.2, 0.25) is 10.0 Å². The normalized spacial score (nSPS) is 10.6. The molecule has 0 saturated carbocycles. The zero-order valence-corrected chi connectivity index (χ0v) is 15.4. The fourth-order valence-electron chi connectivity index (χ4n) is 2.09. The minimum absolute atomic E-state index is 0.115. The van der Waals surface area contributed by atoms with Crippen LogP contribution in [0.15, 0.2) is 64.4 Å². The van der Waals surface area contributed by atoms with E-state index in [0.29, 0.717) is 27.6 Å². The van der Waals surface area contributed by atoms with E-state index in [9.17, 15) is 4.79 Å². The third-order valence-electron chi connectivity index (χ3n) is 3.37. The zero-order chi connectivity index (χ0) is 17.6. The number of nitrogens with one attached hydrogen (secondary N) is 1. The Kier molecular flexibility index (Phi) is 6.02. The van der Waals surface area contributed by atoms with Gasteiger partial charge in [0.15, 0.2) is 5.76 Å². The number of carbonyl (C=O) groups is 1. The molecule has 1 N–H and O–H groups in total. The molecule has 4 nitrogen and oxygen atoms in total. The first kappa shape index (κ1) is 17.9. The number of oxazole rings is 1. The van der Waals surface area contributed by atoms with Gasteiger partial charge in [0.05, 0.1) is 11.9 Å². The van der Waals surface area contributed by atoms with Gasteiger partial charge in [-0.3, -0.25) is 4.79 Å². The van der Waals surface area contributed by atoms with Crippen LogP contribution in [0.3, 0.4) is 0 Å². The van der Waals surface area contributed by atoms with E-state index in [2.05, 4.69) is 10.3 Å². The molecule has 1 amide bonds. The van der Waals surface area contributed by atoms with Crippen LogP contribution in [0.4, 0.5) is 0 Å². The van der Waals surface area contributed by atoms with Gasteiger partial charge in [0.2, 0.25) is 5.91 Å². The Balaban J connectivity index is 1.51. The van der Waals surface area contributed by atoms with Gasteiger partial charge in [-0.25, -0.2) is 4.98 Å². The number of aromatic nitrogens is 1. The molecule has 0 aliphatic rings. The van der Waals surface area contributed by atoms with Crippen LogP contribution >= 0.6 is 35.0 Å². The number of rotatable bonds is 6. The van der Waals surface area contributed by atoms with Gasteiger partial charge in [-0.1, -0.05) is 53.2 Å². The van der Waals surface area contributed by atoms with E-state index in [1.807, 2.05) is 30.3 Å². The van der Waals surface area contributed by atoms with Crippen LogP contribution < -0.4 is 5.32 Å². The highest BCUT2D eigenvalue weighted by atomic mass is 35.5. The van der Waals surface area contributed by atoms with Gasteiger partial charge in [0.25, 0.3) is 5.22 Å². The molecule has 0 aliphatic heterocycles. The minimum Gasteiger partial charge on any atom is -0.431 e. The molecule has 3 aromatic rings. The van der Waals surface area contributed by atoms with Crippen LogP contribution in [0.25, 0.3) is 11.3 Å². The Bertz CT molecular complexity index is 866. The van der Waals surface area contributed by atoms with Crippen LogP contribution in [-0.4, -0.2) is 16.6 Å². The van der Waals surface area contributed by atoms with Crippen LogP contribution in [0.1, 0.15) is 5.56 Å². The second-order valence-corrected chi connectivity index (χ2v) is 6.92. The summed E-state index contributed by atoms with van der Waals surface area (Å²) in [6.45, 7) is 0.390. The Morgan fingerprint density at radius 1 is 1.12 bits per heavy atom. The fourth-order valence-corrected chi connectivity index (χ4v) is 3.05. The van der Waals surface area contributed by atoms with Crippen molar-refractivity contribution in [3.05, 3.63) is 70.3 Å². The first-order valence-electron chi connectivity index (χ1n) is 7.46. The topological polar surface area (TPSA) is 55.1 Å². The predicted octanol–water partition coefficient (Wildman–Crippen LogP) is 5.06. The second kappa shape index (κ2) is 8.43. The molecule has 1 heterocycles. The van der Waals surface area contributed by atoms with Crippen LogP contribution in [0, 0.1) is 0 Å². The molecule has 0 saturated heterocycles. The third-order valence-corrected chi connectivity index (χ3v) is 4.84. The van der Waals surface area contributed by atoms with Crippen molar-refractivity contribution in [1.29, 1.82) is 0 Å². The summed E-state index contributed by atoms with van der Waals surface area (Å²) in [5.74, 6) is 0.734. The molecule has 1 aromatic heterocycles. The standard InChI is InChI=1S/C18H14Cl2N2O2S/c19-14-7-5-12(6-8-14)16-10-22-18(24-16)25-11-17(23)21-9-13-3-1-2-4-15(13)20/h1-8,10H,9,11H2,(H,21,23). The van der Waals surface area contributed by atoms with Crippen molar-refractivity contribution < 1.29 is 9.21 Å². The summed E-state index contributed by atoms with van der Waals surface area (Å²) in [6, 6.07) is 14.7. The van der Waals surface area contributed by atoms with Crippen LogP contribution in [0.5, 0.6) is 0 Å². The fraction of sp³-hybridized carbons (Fsp3) is 0.111. The summed E-state index contributed by atoms with van der Waals surface area (Å²) in [7, 11) is 0. The number of nitrogens with zero attached hydrogens (tertiary/aromatic N) is 1. The summed E-state index contributed by atoms with van der Waals surface area (Å²) >= 11 is 13.2. The lowest BCUT2D eigenvalue weighted by Gasteiger charge is -2.05. The minimum atomic E-state index is -0.115. The molecular formula is C18H14Cl2N2O2S. The number of thioether (sulfide) groups is 1. The van der Waals surface area contributed by atoms with E-state index in [1.54, 1.807) is 24.4 Å². The second-order valence-electron chi connectivity index (χ2n) is 5.15. The Morgan fingerprint density at radius 2 is 1.88 bits per heavy atom. The van der Waals surface area contributed by atoms with Gasteiger partial charge in [-0.15, -0.1) is 0 Å². The number of hydrogen-bond donors (Lipinski definition) is 1. The van der Waals surface area contributed by atoms with Gasteiger partial charge in [-0.05, 0) is 35.9 Å². The predicted molar refractivity (Wildman–Crippen MR) is 101 cm³/mol. The summed E-state index contributed by atoms with van der Waals surface area (Å²) < 4.78 is 5.65. The molecule has 0 atom stereocenters. The molecule has 3 rings (SSSR count). The maximum absolute atomic E-state index is 12.0. The quantitative estimate of drug-likeness (QED) is 0.595. The van der Waals surface area contributed by atoms with Gasteiger partial charge in [-0.2, -0.15) is 0 Å². The zero-order valence-electron chi connectivity index (χ0n) is 13.0. The van der Waals surface area contributed by atoms with E-state index in [1.165, 1.54) is 11.8 Å². The lowest BCUT2D eigenvalue weighted by Crippen LogP contribution is -2.24. The third kappa shape index (κ3) is 5.01. The lowest BCUT2D eigenvalue weighted by atomic mass is 10.2. The summed E-state index contributed by atoms with van der Waals surface area (Å²) in [6.07, 6.45) is 1.63. The first-order chi connectivity index (χ1) is 12.1. The molecule has 0 radical (unpaired) electrons. The SMILES string of the molecule is O=C(CSc1ncc(-c2ccc(Cl)cc2)o1)NCc1ccccc1Cl. The molecule has 25 heavy (non-hydrogen) atoms. The first-order valence-corrected chi connectivity index (χ1v) is 9.20. The van der Waals surface area contributed by atoms with Crippen molar-refractivity contribution in [2.24, 2.45) is 0 Å². The van der Waals surface area contributed by atoms with Crippen molar-refractivity contribution in [2.75, 3.05) is 5.75 Å². The molecule has 0 fully saturated rings. The van der Waals surface area contributed by atoms with E-state index in [-0.39, 0.29) is 11.7 Å². The largest absolute Gasteiger partial charge is 0.431 e. The van der Waals surface area contributed by atoms with E-state index in [4.69, 9.17) is 27.6 Å². The van der Waals surface area contributed by atoms with Crippen molar-refractivity contribution in [3.8, 4) is 11.3 Å². The molecule has 128 valence electrons. The molecule has 7 heteroatoms. The summed E-state index contributed by atoms with van der Waals surface area (Å²) in [5, 5.41) is 4.56. The van der Waals surface area contributed by atoms with Crippen molar-refractivity contribution >= 4 is 40.9 Å². The maximum Gasteiger partial charge on any atom is 0.256 e. The highest BCUT2D eigenvalue weighted by Gasteiger charge is 2.10. The van der Waals surface area contributed by atoms with Gasteiger partial charge >= 0.3 is 0 Å². The smallest absolute Gasteiger partial charge is 0.256 e. The van der Waals surface area contributed by atoms with Crippen molar-refractivity contribution in [1.82, 2.24) is 10.3 Å². The molecule has 2 aromatic carbocycles. The van der Waals surface area contributed by atoms with Crippen molar-refractivity contribution in [3.63, 3.8) is 0 Å². The number of carbonyl (C=O) groups excluding carboxylic acids is 1. The number of halogens is 2. The van der Waals surface area contributed by atoms with Crippen LogP contribution in [-0.2, 0) is 11.3 Å². The monoisotopic (exact) mass is 392 g/mol. The highest BCUT2D eigenvalue weighted by molar-refractivity contribution is 7.99. The van der Waals surface area contributed by atoms with Gasteiger partial charge in [0.1, 0.15) is 0 Å². The molecule has 0 spiro atoms. The Hall–Kier alpha value is -1.95. The van der Waals surface area contributed by atoms with Gasteiger partial charge < -0.3 is 9.73 Å². The van der Waals surface area contributed by atoms with E-state index in [0.717, 1.165) is 11.1 Å². The van der Waals surface area contributed by atoms with Crippen molar-refractivity contribution in [2.45, 2.75) is 11.8 Å². The lowest BCUT2D eigenvalue weighted by molar-refractivity contribution is -0.118. The molecule has 0 bridgehead atoms. The summed E-state index contributed by atoms with van der Waals surface area (Å²) in [5.41, 5.74) is 1.76. The average molecular weight is 393 g/mol. The van der Waals surface area contributed by atoms with E-state index < -0.39 is 0 Å². The molecule has 0 unspecified atom stereocenters. The Labute approximate surface area is 159 Å². The average Bonchev–Trinajstić information content (AvgIpc) is 3.09. The number of hydrogen-bond acceptors (Lipinski definition) is 4. The Morgan fingerprint density at radius 3 is 2.64 bits per heavy atom. The maximum atomic E-state index is 12.0. The highest BCUT2D eigenvalue weighted by Crippen LogP contribution is 2.26. The molecular weight excluding hydrogens is 379 g/mol. The van der Waals surface area contributed by atoms with E-state index >= 15 is 0 Å².